The monoisotopic (exact) mass is 200 g/mol. The molecular formula is C10H20N2O2. The van der Waals surface area contributed by atoms with Gasteiger partial charge >= 0.3 is 0 Å². The van der Waals surface area contributed by atoms with Crippen LogP contribution in [-0.2, 0) is 9.53 Å². The average molecular weight is 200 g/mol. The van der Waals surface area contributed by atoms with Gasteiger partial charge in [0.1, 0.15) is 0 Å². The van der Waals surface area contributed by atoms with Gasteiger partial charge in [-0.1, -0.05) is 13.8 Å². The van der Waals surface area contributed by atoms with Crippen molar-refractivity contribution in [3.63, 3.8) is 0 Å². The Labute approximate surface area is 85.2 Å². The van der Waals surface area contributed by atoms with Gasteiger partial charge in [0.15, 0.2) is 0 Å². The Bertz CT molecular complexity index is 189. The fourth-order valence-corrected chi connectivity index (χ4v) is 1.45. The van der Waals surface area contributed by atoms with Crippen LogP contribution < -0.4 is 11.1 Å². The summed E-state index contributed by atoms with van der Waals surface area (Å²) >= 11 is 0. The van der Waals surface area contributed by atoms with E-state index in [0.29, 0.717) is 6.61 Å². The van der Waals surface area contributed by atoms with Crippen LogP contribution >= 0.6 is 0 Å². The lowest BCUT2D eigenvalue weighted by Gasteiger charge is -2.25. The van der Waals surface area contributed by atoms with Crippen molar-refractivity contribution >= 4 is 5.91 Å². The predicted octanol–water partition coefficient (Wildman–Crippen LogP) is 0.265. The number of nitrogens with two attached hydrogens (primary N) is 1. The molecule has 0 aromatic heterocycles. The van der Waals surface area contributed by atoms with Gasteiger partial charge in [-0.25, -0.2) is 0 Å². The zero-order valence-corrected chi connectivity index (χ0v) is 8.95. The highest BCUT2D eigenvalue weighted by atomic mass is 16.5. The Morgan fingerprint density at radius 1 is 1.57 bits per heavy atom. The maximum atomic E-state index is 11.6. The number of hydrogen-bond acceptors (Lipinski definition) is 3. The summed E-state index contributed by atoms with van der Waals surface area (Å²) in [4.78, 5) is 11.6. The Balaban J connectivity index is 2.31. The maximum absolute atomic E-state index is 11.6. The van der Waals surface area contributed by atoms with E-state index in [2.05, 4.69) is 5.32 Å². The lowest BCUT2D eigenvalue weighted by atomic mass is 10.0. The Hall–Kier alpha value is -0.610. The minimum Gasteiger partial charge on any atom is -0.379 e. The van der Waals surface area contributed by atoms with Gasteiger partial charge in [0.2, 0.25) is 5.91 Å². The number of nitrogens with one attached hydrogen (secondary N) is 1. The number of ether oxygens (including phenoxy) is 1. The van der Waals surface area contributed by atoms with Crippen molar-refractivity contribution in [1.29, 1.82) is 0 Å². The van der Waals surface area contributed by atoms with Crippen molar-refractivity contribution in [3.05, 3.63) is 0 Å². The van der Waals surface area contributed by atoms with E-state index in [4.69, 9.17) is 10.5 Å². The van der Waals surface area contributed by atoms with Crippen LogP contribution in [0.2, 0.25) is 0 Å². The molecule has 0 aromatic carbocycles. The van der Waals surface area contributed by atoms with Crippen LogP contribution in [-0.4, -0.2) is 31.2 Å². The van der Waals surface area contributed by atoms with E-state index >= 15 is 0 Å². The molecule has 4 heteroatoms. The summed E-state index contributed by atoms with van der Waals surface area (Å²) in [7, 11) is 0. The molecule has 0 saturated carbocycles. The van der Waals surface area contributed by atoms with Crippen molar-refractivity contribution in [1.82, 2.24) is 5.32 Å². The molecule has 1 fully saturated rings. The van der Waals surface area contributed by atoms with Crippen LogP contribution in [0.1, 0.15) is 26.7 Å². The summed E-state index contributed by atoms with van der Waals surface area (Å²) in [5.74, 6) is 0.120. The van der Waals surface area contributed by atoms with Gasteiger partial charge in [-0.15, -0.1) is 0 Å². The van der Waals surface area contributed by atoms with Gasteiger partial charge in [0.25, 0.3) is 0 Å². The molecule has 82 valence electrons. The molecule has 1 aliphatic heterocycles. The van der Waals surface area contributed by atoms with Gasteiger partial charge in [-0.05, 0) is 18.8 Å². The van der Waals surface area contributed by atoms with Crippen LogP contribution in [0, 0.1) is 5.92 Å². The second-order valence-electron chi connectivity index (χ2n) is 4.19. The zero-order chi connectivity index (χ0) is 10.6. The minimum absolute atomic E-state index is 0.0597. The molecule has 3 N–H and O–H groups in total. The molecule has 0 aromatic rings. The van der Waals surface area contributed by atoms with Crippen molar-refractivity contribution in [2.24, 2.45) is 11.7 Å². The Kier molecular flexibility index (Phi) is 4.35. The minimum atomic E-state index is -0.406. The van der Waals surface area contributed by atoms with Crippen molar-refractivity contribution in [2.45, 2.75) is 38.8 Å². The third kappa shape index (κ3) is 3.27. The molecule has 1 heterocycles. The van der Waals surface area contributed by atoms with Crippen molar-refractivity contribution in [2.75, 3.05) is 13.2 Å². The Morgan fingerprint density at radius 2 is 2.29 bits per heavy atom. The summed E-state index contributed by atoms with van der Waals surface area (Å²) in [6, 6.07) is -0.252. The highest BCUT2D eigenvalue weighted by Gasteiger charge is 2.21. The van der Waals surface area contributed by atoms with E-state index in [-0.39, 0.29) is 17.9 Å². The molecular weight excluding hydrogens is 180 g/mol. The van der Waals surface area contributed by atoms with E-state index < -0.39 is 6.04 Å². The summed E-state index contributed by atoms with van der Waals surface area (Å²) in [6.45, 7) is 5.32. The SMILES string of the molecule is CC(C)[C@H](N)C(=O)NC1CCCOC1. The molecule has 0 bridgehead atoms. The van der Waals surface area contributed by atoms with E-state index in [9.17, 15) is 4.79 Å². The fourth-order valence-electron chi connectivity index (χ4n) is 1.45. The van der Waals surface area contributed by atoms with Gasteiger partial charge < -0.3 is 15.8 Å². The van der Waals surface area contributed by atoms with Crippen molar-refractivity contribution in [3.8, 4) is 0 Å². The number of amides is 1. The molecule has 1 rings (SSSR count). The average Bonchev–Trinajstić information content (AvgIpc) is 2.18. The van der Waals surface area contributed by atoms with Crippen LogP contribution in [0.3, 0.4) is 0 Å². The van der Waals surface area contributed by atoms with Crippen LogP contribution in [0.5, 0.6) is 0 Å². The molecule has 1 amide bonds. The lowest BCUT2D eigenvalue weighted by Crippen LogP contribution is -2.50. The predicted molar refractivity (Wildman–Crippen MR) is 54.8 cm³/mol. The number of carbonyl (C=O) groups is 1. The first kappa shape index (κ1) is 11.5. The largest absolute Gasteiger partial charge is 0.379 e. The van der Waals surface area contributed by atoms with E-state index in [1.54, 1.807) is 0 Å². The summed E-state index contributed by atoms with van der Waals surface area (Å²) < 4.78 is 5.27. The van der Waals surface area contributed by atoms with Crippen LogP contribution in [0.25, 0.3) is 0 Å². The molecule has 0 spiro atoms. The highest BCUT2D eigenvalue weighted by Crippen LogP contribution is 2.06. The second kappa shape index (κ2) is 5.32. The molecule has 14 heavy (non-hydrogen) atoms. The summed E-state index contributed by atoms with van der Waals surface area (Å²) in [5.41, 5.74) is 5.72. The summed E-state index contributed by atoms with van der Waals surface area (Å²) in [5, 5.41) is 2.91. The second-order valence-corrected chi connectivity index (χ2v) is 4.19. The standard InChI is InChI=1S/C10H20N2O2/c1-7(2)9(11)10(13)12-8-4-3-5-14-6-8/h7-9H,3-6,11H2,1-2H3,(H,12,13)/t8?,9-/m0/s1. The van der Waals surface area contributed by atoms with Crippen LogP contribution in [0.15, 0.2) is 0 Å². The van der Waals surface area contributed by atoms with Crippen LogP contribution in [0.4, 0.5) is 0 Å². The first-order valence-electron chi connectivity index (χ1n) is 5.25. The molecule has 4 nitrogen and oxygen atoms in total. The molecule has 0 radical (unpaired) electrons. The van der Waals surface area contributed by atoms with Gasteiger partial charge in [-0.3, -0.25) is 4.79 Å². The number of carbonyl (C=O) groups excluding carboxylic acids is 1. The number of rotatable bonds is 3. The third-order valence-corrected chi connectivity index (χ3v) is 2.53. The lowest BCUT2D eigenvalue weighted by molar-refractivity contribution is -0.124. The number of hydrogen-bond donors (Lipinski definition) is 2. The maximum Gasteiger partial charge on any atom is 0.237 e. The topological polar surface area (TPSA) is 64.4 Å². The Morgan fingerprint density at radius 3 is 2.79 bits per heavy atom. The van der Waals surface area contributed by atoms with Crippen molar-refractivity contribution < 1.29 is 9.53 Å². The fraction of sp³-hybridized carbons (Fsp3) is 0.900. The van der Waals surface area contributed by atoms with Gasteiger partial charge in [-0.2, -0.15) is 0 Å². The molecule has 1 saturated heterocycles. The van der Waals surface area contributed by atoms with E-state index in [0.717, 1.165) is 19.4 Å². The quantitative estimate of drug-likeness (QED) is 0.687. The van der Waals surface area contributed by atoms with Gasteiger partial charge in [0.05, 0.1) is 18.7 Å². The first-order chi connectivity index (χ1) is 6.61. The van der Waals surface area contributed by atoms with E-state index in [1.807, 2.05) is 13.8 Å². The summed E-state index contributed by atoms with van der Waals surface area (Å²) in [6.07, 6.45) is 2.01. The third-order valence-electron chi connectivity index (χ3n) is 2.53. The first-order valence-corrected chi connectivity index (χ1v) is 5.25. The molecule has 1 aliphatic rings. The zero-order valence-electron chi connectivity index (χ0n) is 8.95. The molecule has 1 unspecified atom stereocenters. The highest BCUT2D eigenvalue weighted by molar-refractivity contribution is 5.82. The molecule has 0 aliphatic carbocycles. The van der Waals surface area contributed by atoms with Gasteiger partial charge in [0, 0.05) is 6.61 Å². The molecule has 2 atom stereocenters. The smallest absolute Gasteiger partial charge is 0.237 e. The normalized spacial score (nSPS) is 24.7. The van der Waals surface area contributed by atoms with E-state index in [1.165, 1.54) is 0 Å².